The van der Waals surface area contributed by atoms with Crippen LogP contribution in [0, 0.1) is 17.0 Å². The fourth-order valence-electron chi connectivity index (χ4n) is 3.13. The third-order valence-corrected chi connectivity index (χ3v) is 6.19. The molecule has 0 saturated carbocycles. The van der Waals surface area contributed by atoms with Crippen LogP contribution in [0.4, 0.5) is 22.7 Å². The summed E-state index contributed by atoms with van der Waals surface area (Å²) >= 11 is 0. The van der Waals surface area contributed by atoms with Gasteiger partial charge in [0.15, 0.2) is 0 Å². The first-order chi connectivity index (χ1) is 15.3. The van der Waals surface area contributed by atoms with Gasteiger partial charge in [0.1, 0.15) is 0 Å². The summed E-state index contributed by atoms with van der Waals surface area (Å²) in [6.45, 7) is 1.89. The SMILES string of the molecule is Cc1ccc(S(=O)(=O)Nc2ccc(N=Nc3ccc([N+](=O)[O-])cc3)c3ccccc23)cc1. The Labute approximate surface area is 184 Å². The minimum Gasteiger partial charge on any atom is -0.279 e. The summed E-state index contributed by atoms with van der Waals surface area (Å²) in [5, 5.41) is 20.6. The van der Waals surface area contributed by atoms with E-state index in [4.69, 9.17) is 0 Å². The molecule has 0 heterocycles. The van der Waals surface area contributed by atoms with Crippen LogP contribution in [-0.4, -0.2) is 13.3 Å². The highest BCUT2D eigenvalue weighted by atomic mass is 32.2. The molecular formula is C23H18N4O4S. The van der Waals surface area contributed by atoms with Gasteiger partial charge in [-0.3, -0.25) is 14.8 Å². The number of benzene rings is 4. The molecule has 0 spiro atoms. The molecule has 0 atom stereocenters. The quantitative estimate of drug-likeness (QED) is 0.213. The predicted molar refractivity (Wildman–Crippen MR) is 123 cm³/mol. The number of nitrogens with zero attached hydrogens (tertiary/aromatic N) is 3. The average molecular weight is 446 g/mol. The number of rotatable bonds is 6. The van der Waals surface area contributed by atoms with Crippen LogP contribution in [0.3, 0.4) is 0 Å². The van der Waals surface area contributed by atoms with Gasteiger partial charge in [0.05, 0.1) is 26.9 Å². The Morgan fingerprint density at radius 2 is 1.47 bits per heavy atom. The lowest BCUT2D eigenvalue weighted by Crippen LogP contribution is -2.13. The highest BCUT2D eigenvalue weighted by molar-refractivity contribution is 7.92. The molecule has 0 aliphatic heterocycles. The number of aryl methyl sites for hydroxylation is 1. The van der Waals surface area contributed by atoms with E-state index < -0.39 is 14.9 Å². The van der Waals surface area contributed by atoms with Crippen LogP contribution in [0.25, 0.3) is 10.8 Å². The van der Waals surface area contributed by atoms with E-state index >= 15 is 0 Å². The zero-order valence-corrected chi connectivity index (χ0v) is 17.8. The second-order valence-electron chi connectivity index (χ2n) is 7.07. The van der Waals surface area contributed by atoms with Gasteiger partial charge in [0, 0.05) is 22.9 Å². The number of hydrogen-bond donors (Lipinski definition) is 1. The minimum absolute atomic E-state index is 0.0281. The number of nitrogens with one attached hydrogen (secondary N) is 1. The second kappa shape index (κ2) is 8.56. The van der Waals surface area contributed by atoms with Crippen LogP contribution in [-0.2, 0) is 10.0 Å². The Morgan fingerprint density at radius 1 is 0.812 bits per heavy atom. The van der Waals surface area contributed by atoms with Gasteiger partial charge in [-0.1, -0.05) is 42.0 Å². The topological polar surface area (TPSA) is 114 Å². The van der Waals surface area contributed by atoms with Crippen molar-refractivity contribution in [1.29, 1.82) is 0 Å². The molecule has 0 bridgehead atoms. The van der Waals surface area contributed by atoms with E-state index in [-0.39, 0.29) is 10.6 Å². The Bertz CT molecular complexity index is 1430. The maximum absolute atomic E-state index is 12.8. The summed E-state index contributed by atoms with van der Waals surface area (Å²) in [5.41, 5.74) is 2.37. The van der Waals surface area contributed by atoms with E-state index in [1.165, 1.54) is 24.3 Å². The number of anilines is 1. The second-order valence-corrected chi connectivity index (χ2v) is 8.75. The van der Waals surface area contributed by atoms with Gasteiger partial charge in [0.2, 0.25) is 0 Å². The zero-order valence-electron chi connectivity index (χ0n) is 17.0. The molecule has 4 aromatic carbocycles. The molecule has 0 radical (unpaired) electrons. The molecule has 0 amide bonds. The van der Waals surface area contributed by atoms with Crippen LogP contribution in [0.15, 0.2) is 100 Å². The maximum Gasteiger partial charge on any atom is 0.269 e. The third kappa shape index (κ3) is 4.47. The summed E-state index contributed by atoms with van der Waals surface area (Å²) in [7, 11) is -3.76. The number of hydrogen-bond acceptors (Lipinski definition) is 6. The van der Waals surface area contributed by atoms with Crippen LogP contribution in [0.1, 0.15) is 5.56 Å². The highest BCUT2D eigenvalue weighted by Gasteiger charge is 2.16. The van der Waals surface area contributed by atoms with Crippen molar-refractivity contribution in [3.05, 3.63) is 101 Å². The number of sulfonamides is 1. The molecule has 32 heavy (non-hydrogen) atoms. The standard InChI is InChI=1S/C23H18N4O4S/c1-16-6-12-19(13-7-16)32(30,31)26-23-15-14-22(20-4-2-3-5-21(20)23)25-24-17-8-10-18(11-9-17)27(28)29/h2-15,26H,1H3. The lowest BCUT2D eigenvalue weighted by Gasteiger charge is -2.12. The third-order valence-electron chi connectivity index (χ3n) is 4.81. The molecule has 160 valence electrons. The summed E-state index contributed by atoms with van der Waals surface area (Å²) in [5.74, 6) is 0. The number of non-ortho nitro benzene ring substituents is 1. The molecular weight excluding hydrogens is 428 g/mol. The van der Waals surface area contributed by atoms with Crippen LogP contribution in [0.5, 0.6) is 0 Å². The number of nitro benzene ring substituents is 1. The van der Waals surface area contributed by atoms with Crippen molar-refractivity contribution in [3.8, 4) is 0 Å². The lowest BCUT2D eigenvalue weighted by molar-refractivity contribution is -0.384. The number of nitro groups is 1. The van der Waals surface area contributed by atoms with Crippen LogP contribution >= 0.6 is 0 Å². The Balaban J connectivity index is 1.67. The Morgan fingerprint density at radius 3 is 2.12 bits per heavy atom. The van der Waals surface area contributed by atoms with Crippen molar-refractivity contribution < 1.29 is 13.3 Å². The van der Waals surface area contributed by atoms with E-state index in [9.17, 15) is 18.5 Å². The molecule has 1 N–H and O–H groups in total. The van der Waals surface area contributed by atoms with E-state index in [1.807, 2.05) is 25.1 Å². The van der Waals surface area contributed by atoms with Crippen molar-refractivity contribution >= 4 is 43.5 Å². The van der Waals surface area contributed by atoms with Gasteiger partial charge < -0.3 is 0 Å². The van der Waals surface area contributed by atoms with Crippen LogP contribution in [0.2, 0.25) is 0 Å². The van der Waals surface area contributed by atoms with Gasteiger partial charge in [-0.2, -0.15) is 5.11 Å². The van der Waals surface area contributed by atoms with Gasteiger partial charge in [-0.05, 0) is 43.3 Å². The normalized spacial score (nSPS) is 11.7. The van der Waals surface area contributed by atoms with Gasteiger partial charge >= 0.3 is 0 Å². The molecule has 8 nitrogen and oxygen atoms in total. The van der Waals surface area contributed by atoms with Gasteiger partial charge in [-0.15, -0.1) is 5.11 Å². The smallest absolute Gasteiger partial charge is 0.269 e. The Kier molecular flexibility index (Phi) is 5.65. The molecule has 0 unspecified atom stereocenters. The van der Waals surface area contributed by atoms with E-state index in [0.29, 0.717) is 27.8 Å². The first-order valence-corrected chi connectivity index (χ1v) is 11.1. The van der Waals surface area contributed by atoms with Gasteiger partial charge in [-0.25, -0.2) is 8.42 Å². The molecule has 0 aliphatic rings. The van der Waals surface area contributed by atoms with Crippen molar-refractivity contribution in [3.63, 3.8) is 0 Å². The first-order valence-electron chi connectivity index (χ1n) is 9.61. The van der Waals surface area contributed by atoms with E-state index in [0.717, 1.165) is 5.56 Å². The fourth-order valence-corrected chi connectivity index (χ4v) is 4.21. The molecule has 0 fully saturated rings. The van der Waals surface area contributed by atoms with E-state index in [1.54, 1.807) is 42.5 Å². The molecule has 4 aromatic rings. The average Bonchev–Trinajstić information content (AvgIpc) is 2.79. The highest BCUT2D eigenvalue weighted by Crippen LogP contribution is 2.34. The fraction of sp³-hybridized carbons (Fsp3) is 0.0435. The summed E-state index contributed by atoms with van der Waals surface area (Å²) in [6, 6.07) is 22.9. The van der Waals surface area contributed by atoms with Crippen molar-refractivity contribution in [2.24, 2.45) is 10.2 Å². The molecule has 0 aliphatic carbocycles. The summed E-state index contributed by atoms with van der Waals surface area (Å²) in [4.78, 5) is 10.5. The van der Waals surface area contributed by atoms with E-state index in [2.05, 4.69) is 15.0 Å². The minimum atomic E-state index is -3.76. The van der Waals surface area contributed by atoms with Crippen molar-refractivity contribution in [2.45, 2.75) is 11.8 Å². The number of azo groups is 1. The monoisotopic (exact) mass is 446 g/mol. The number of fused-ring (bicyclic) bond motifs is 1. The molecule has 4 rings (SSSR count). The summed E-state index contributed by atoms with van der Waals surface area (Å²) in [6.07, 6.45) is 0. The lowest BCUT2D eigenvalue weighted by atomic mass is 10.1. The molecule has 0 saturated heterocycles. The first kappa shape index (κ1) is 21.1. The molecule has 9 heteroatoms. The van der Waals surface area contributed by atoms with Crippen molar-refractivity contribution in [2.75, 3.05) is 4.72 Å². The van der Waals surface area contributed by atoms with Gasteiger partial charge in [0.25, 0.3) is 15.7 Å². The largest absolute Gasteiger partial charge is 0.279 e. The van der Waals surface area contributed by atoms with Crippen molar-refractivity contribution in [1.82, 2.24) is 0 Å². The van der Waals surface area contributed by atoms with Crippen LogP contribution < -0.4 is 4.72 Å². The predicted octanol–water partition coefficient (Wildman–Crippen LogP) is 6.27. The summed E-state index contributed by atoms with van der Waals surface area (Å²) < 4.78 is 28.3. The maximum atomic E-state index is 12.8. The zero-order chi connectivity index (χ0) is 22.7. The Hall–Kier alpha value is -4.11. The molecule has 0 aromatic heterocycles.